The Morgan fingerprint density at radius 2 is 1.87 bits per heavy atom. The molecule has 2 fully saturated rings. The van der Waals surface area contributed by atoms with Gasteiger partial charge in [-0.05, 0) is 48.9 Å². The normalized spacial score (nSPS) is 23.0. The number of hydrogen-bond donors (Lipinski definition) is 1. The molecule has 1 aliphatic heterocycles. The second kappa shape index (κ2) is 8.86. The van der Waals surface area contributed by atoms with Crippen LogP contribution in [0.1, 0.15) is 48.0 Å². The molecule has 0 radical (unpaired) electrons. The van der Waals surface area contributed by atoms with Gasteiger partial charge >= 0.3 is 0 Å². The fourth-order valence-corrected chi connectivity index (χ4v) is 4.81. The molecule has 1 aliphatic carbocycles. The molecular formula is C24H30N4O2. The Morgan fingerprint density at radius 3 is 2.57 bits per heavy atom. The molecule has 1 aromatic heterocycles. The van der Waals surface area contributed by atoms with Crippen LogP contribution in [-0.4, -0.2) is 47.9 Å². The molecule has 3 atom stereocenters. The lowest BCUT2D eigenvalue weighted by atomic mass is 9.84. The fourth-order valence-electron chi connectivity index (χ4n) is 4.81. The fraction of sp³-hybridized carbons (Fsp3) is 0.458. The van der Waals surface area contributed by atoms with Crippen molar-refractivity contribution >= 4 is 17.6 Å². The zero-order valence-corrected chi connectivity index (χ0v) is 17.8. The van der Waals surface area contributed by atoms with Crippen molar-refractivity contribution < 1.29 is 9.59 Å². The molecule has 158 valence electrons. The number of nitrogens with one attached hydrogen (secondary N) is 1. The molecule has 30 heavy (non-hydrogen) atoms. The molecule has 6 heteroatoms. The Balaban J connectivity index is 1.48. The molecule has 6 nitrogen and oxygen atoms in total. The first-order chi connectivity index (χ1) is 14.5. The van der Waals surface area contributed by atoms with Gasteiger partial charge in [0.1, 0.15) is 11.9 Å². The minimum atomic E-state index is -0.403. The summed E-state index contributed by atoms with van der Waals surface area (Å²) in [6, 6.07) is 13.0. The molecule has 1 saturated heterocycles. The third-order valence-electron chi connectivity index (χ3n) is 6.38. The first-order valence-corrected chi connectivity index (χ1v) is 10.8. The lowest BCUT2D eigenvalue weighted by molar-refractivity contribution is -0.125. The van der Waals surface area contributed by atoms with E-state index in [2.05, 4.69) is 10.3 Å². The van der Waals surface area contributed by atoms with Crippen molar-refractivity contribution in [3.05, 3.63) is 59.8 Å². The predicted octanol–water partition coefficient (Wildman–Crippen LogP) is 3.24. The van der Waals surface area contributed by atoms with Gasteiger partial charge in [0.15, 0.2) is 0 Å². The van der Waals surface area contributed by atoms with E-state index in [-0.39, 0.29) is 17.9 Å². The van der Waals surface area contributed by atoms with Crippen LogP contribution in [0.15, 0.2) is 48.7 Å². The minimum Gasteiger partial charge on any atom is -0.363 e. The van der Waals surface area contributed by atoms with E-state index < -0.39 is 6.04 Å². The van der Waals surface area contributed by atoms with Crippen molar-refractivity contribution in [2.75, 3.05) is 19.0 Å². The van der Waals surface area contributed by atoms with Crippen LogP contribution in [0.5, 0.6) is 0 Å². The van der Waals surface area contributed by atoms with Gasteiger partial charge in [-0.25, -0.2) is 4.98 Å². The van der Waals surface area contributed by atoms with E-state index in [4.69, 9.17) is 0 Å². The molecule has 3 unspecified atom stereocenters. The van der Waals surface area contributed by atoms with E-state index in [1.165, 1.54) is 6.42 Å². The van der Waals surface area contributed by atoms with Gasteiger partial charge in [0.05, 0.1) is 0 Å². The Bertz CT molecular complexity index is 882. The van der Waals surface area contributed by atoms with E-state index in [1.807, 2.05) is 66.4 Å². The first kappa shape index (κ1) is 20.4. The zero-order valence-electron chi connectivity index (χ0n) is 17.8. The summed E-state index contributed by atoms with van der Waals surface area (Å²) in [5.41, 5.74) is 1.61. The number of hydrogen-bond acceptors (Lipinski definition) is 4. The zero-order chi connectivity index (χ0) is 21.1. The Hall–Kier alpha value is -2.89. The standard InChI is InChI=1S/C24H30N4O2/c1-27(2)22-13-12-17(15-25-22)16-26-23(29)21-14-19-10-6-7-11-20(19)28(21)24(30)18-8-4-3-5-9-18/h3-5,8-9,12-13,15,19-21H,6-7,10-11,14,16H2,1-2H3,(H,26,29). The van der Waals surface area contributed by atoms with E-state index in [0.29, 0.717) is 18.0 Å². The number of nitrogens with zero attached hydrogens (tertiary/aromatic N) is 3. The topological polar surface area (TPSA) is 65.5 Å². The molecule has 2 amide bonds. The number of benzene rings is 1. The second-order valence-electron chi connectivity index (χ2n) is 8.58. The summed E-state index contributed by atoms with van der Waals surface area (Å²) < 4.78 is 0. The van der Waals surface area contributed by atoms with Crippen molar-refractivity contribution in [2.24, 2.45) is 5.92 Å². The van der Waals surface area contributed by atoms with Gasteiger partial charge in [0.25, 0.3) is 5.91 Å². The summed E-state index contributed by atoms with van der Waals surface area (Å²) in [6.45, 7) is 0.415. The lowest BCUT2D eigenvalue weighted by Crippen LogP contribution is -2.49. The summed E-state index contributed by atoms with van der Waals surface area (Å²) in [5, 5.41) is 3.05. The van der Waals surface area contributed by atoms with Crippen LogP contribution in [0.25, 0.3) is 0 Å². The summed E-state index contributed by atoms with van der Waals surface area (Å²) in [5.74, 6) is 1.21. The van der Waals surface area contributed by atoms with Crippen molar-refractivity contribution in [1.29, 1.82) is 0 Å². The van der Waals surface area contributed by atoms with E-state index >= 15 is 0 Å². The van der Waals surface area contributed by atoms with Gasteiger partial charge in [-0.2, -0.15) is 0 Å². The number of amides is 2. The molecule has 1 saturated carbocycles. The van der Waals surface area contributed by atoms with Crippen LogP contribution in [-0.2, 0) is 11.3 Å². The van der Waals surface area contributed by atoms with Crippen LogP contribution in [0.4, 0.5) is 5.82 Å². The predicted molar refractivity (Wildman–Crippen MR) is 117 cm³/mol. The van der Waals surface area contributed by atoms with Gasteiger partial charge in [-0.3, -0.25) is 9.59 Å². The number of carbonyl (C=O) groups is 2. The van der Waals surface area contributed by atoms with Gasteiger partial charge in [-0.15, -0.1) is 0 Å². The van der Waals surface area contributed by atoms with Gasteiger partial charge in [0.2, 0.25) is 5.91 Å². The van der Waals surface area contributed by atoms with E-state index in [9.17, 15) is 9.59 Å². The largest absolute Gasteiger partial charge is 0.363 e. The Kier molecular flexibility index (Phi) is 6.02. The average molecular weight is 407 g/mol. The quantitative estimate of drug-likeness (QED) is 0.828. The molecule has 2 aliphatic rings. The van der Waals surface area contributed by atoms with E-state index in [0.717, 1.165) is 37.1 Å². The SMILES string of the molecule is CN(C)c1ccc(CNC(=O)C2CC3CCCCC3N2C(=O)c2ccccc2)cn1. The number of rotatable bonds is 5. The highest BCUT2D eigenvalue weighted by atomic mass is 16.2. The number of fused-ring (bicyclic) bond motifs is 1. The number of pyridine rings is 1. The van der Waals surface area contributed by atoms with Crippen LogP contribution in [0.3, 0.4) is 0 Å². The first-order valence-electron chi connectivity index (χ1n) is 10.8. The molecule has 0 spiro atoms. The van der Waals surface area contributed by atoms with Gasteiger partial charge in [0, 0.05) is 38.4 Å². The maximum Gasteiger partial charge on any atom is 0.254 e. The smallest absolute Gasteiger partial charge is 0.254 e. The highest BCUT2D eigenvalue weighted by Crippen LogP contribution is 2.40. The highest BCUT2D eigenvalue weighted by molar-refractivity contribution is 5.98. The minimum absolute atomic E-state index is 0.0258. The van der Waals surface area contributed by atoms with Crippen molar-refractivity contribution in [1.82, 2.24) is 15.2 Å². The van der Waals surface area contributed by atoms with Crippen LogP contribution < -0.4 is 10.2 Å². The maximum absolute atomic E-state index is 13.3. The van der Waals surface area contributed by atoms with Crippen molar-refractivity contribution in [3.8, 4) is 0 Å². The molecule has 4 rings (SSSR count). The van der Waals surface area contributed by atoms with Crippen molar-refractivity contribution in [2.45, 2.75) is 50.7 Å². The summed E-state index contributed by atoms with van der Waals surface area (Å²) >= 11 is 0. The lowest BCUT2D eigenvalue weighted by Gasteiger charge is -2.33. The summed E-state index contributed by atoms with van der Waals surface area (Å²) in [6.07, 6.45) is 6.94. The Morgan fingerprint density at radius 1 is 1.10 bits per heavy atom. The summed E-state index contributed by atoms with van der Waals surface area (Å²) in [4.78, 5) is 34.7. The molecular weight excluding hydrogens is 376 g/mol. The second-order valence-corrected chi connectivity index (χ2v) is 8.58. The molecule has 2 heterocycles. The van der Waals surface area contributed by atoms with Crippen LogP contribution >= 0.6 is 0 Å². The van der Waals surface area contributed by atoms with Crippen LogP contribution in [0, 0.1) is 5.92 Å². The third kappa shape index (κ3) is 4.18. The third-order valence-corrected chi connectivity index (χ3v) is 6.38. The van der Waals surface area contributed by atoms with Gasteiger partial charge < -0.3 is 15.1 Å². The highest BCUT2D eigenvalue weighted by Gasteiger charge is 2.47. The maximum atomic E-state index is 13.3. The molecule has 0 bridgehead atoms. The number of carbonyl (C=O) groups excluding carboxylic acids is 2. The number of anilines is 1. The van der Waals surface area contributed by atoms with Crippen LogP contribution in [0.2, 0.25) is 0 Å². The Labute approximate surface area is 178 Å². The molecule has 2 aromatic rings. The van der Waals surface area contributed by atoms with Gasteiger partial charge in [-0.1, -0.05) is 37.1 Å². The monoisotopic (exact) mass is 406 g/mol. The van der Waals surface area contributed by atoms with E-state index in [1.54, 1.807) is 6.20 Å². The average Bonchev–Trinajstić information content (AvgIpc) is 3.17. The number of likely N-dealkylation sites (tertiary alicyclic amines) is 1. The van der Waals surface area contributed by atoms with Crippen molar-refractivity contribution in [3.63, 3.8) is 0 Å². The molecule has 1 aromatic carbocycles. The molecule has 1 N–H and O–H groups in total. The number of aromatic nitrogens is 1. The summed E-state index contributed by atoms with van der Waals surface area (Å²) in [7, 11) is 3.89.